The number of rotatable bonds is 7. The van der Waals surface area contributed by atoms with Crippen LogP contribution in [0.1, 0.15) is 39.5 Å². The standard InChI is InChI=1S/C13H24N2O3/c1-4-10(5-2)8-15(9-11(16)18-3)12(17)13(14)6-7-13/h10H,4-9,14H2,1-3H3. The van der Waals surface area contributed by atoms with Crippen LogP contribution < -0.4 is 5.73 Å². The van der Waals surface area contributed by atoms with Gasteiger partial charge in [0.15, 0.2) is 0 Å². The van der Waals surface area contributed by atoms with Crippen molar-refractivity contribution in [1.82, 2.24) is 4.90 Å². The second-order valence-electron chi connectivity index (χ2n) is 5.10. The fourth-order valence-electron chi connectivity index (χ4n) is 1.96. The van der Waals surface area contributed by atoms with E-state index in [0.717, 1.165) is 12.8 Å². The van der Waals surface area contributed by atoms with Crippen molar-refractivity contribution in [1.29, 1.82) is 0 Å². The smallest absolute Gasteiger partial charge is 0.325 e. The Bertz CT molecular complexity index is 309. The summed E-state index contributed by atoms with van der Waals surface area (Å²) in [6.45, 7) is 4.76. The highest BCUT2D eigenvalue weighted by Crippen LogP contribution is 2.34. The third kappa shape index (κ3) is 3.70. The molecule has 2 N–H and O–H groups in total. The number of hydrogen-bond donors (Lipinski definition) is 1. The molecule has 104 valence electrons. The molecule has 1 fully saturated rings. The summed E-state index contributed by atoms with van der Waals surface area (Å²) in [5, 5.41) is 0. The van der Waals surface area contributed by atoms with Gasteiger partial charge in [0.25, 0.3) is 0 Å². The maximum atomic E-state index is 12.2. The molecule has 1 amide bonds. The maximum absolute atomic E-state index is 12.2. The molecule has 0 unspecified atom stereocenters. The second-order valence-corrected chi connectivity index (χ2v) is 5.10. The third-order valence-corrected chi connectivity index (χ3v) is 3.68. The average Bonchev–Trinajstić information content (AvgIpc) is 3.12. The Labute approximate surface area is 109 Å². The molecular weight excluding hydrogens is 232 g/mol. The summed E-state index contributed by atoms with van der Waals surface area (Å²) in [6, 6.07) is 0. The maximum Gasteiger partial charge on any atom is 0.325 e. The van der Waals surface area contributed by atoms with Gasteiger partial charge >= 0.3 is 5.97 Å². The number of carbonyl (C=O) groups excluding carboxylic acids is 2. The molecule has 0 radical (unpaired) electrons. The van der Waals surface area contributed by atoms with E-state index in [-0.39, 0.29) is 12.5 Å². The van der Waals surface area contributed by atoms with E-state index >= 15 is 0 Å². The summed E-state index contributed by atoms with van der Waals surface area (Å²) in [5.41, 5.74) is 5.20. The van der Waals surface area contributed by atoms with Crippen LogP contribution in [0.25, 0.3) is 0 Å². The topological polar surface area (TPSA) is 72.6 Å². The first kappa shape index (κ1) is 15.0. The molecule has 0 aromatic rings. The zero-order valence-corrected chi connectivity index (χ0v) is 11.6. The van der Waals surface area contributed by atoms with Gasteiger partial charge in [0.05, 0.1) is 12.6 Å². The number of methoxy groups -OCH3 is 1. The van der Waals surface area contributed by atoms with Gasteiger partial charge in [-0.25, -0.2) is 0 Å². The van der Waals surface area contributed by atoms with Gasteiger partial charge in [0.1, 0.15) is 6.54 Å². The number of hydrogen-bond acceptors (Lipinski definition) is 4. The van der Waals surface area contributed by atoms with Gasteiger partial charge in [-0.3, -0.25) is 9.59 Å². The van der Waals surface area contributed by atoms with Crippen molar-refractivity contribution < 1.29 is 14.3 Å². The van der Waals surface area contributed by atoms with E-state index in [1.54, 1.807) is 4.90 Å². The molecule has 0 saturated heterocycles. The van der Waals surface area contributed by atoms with Crippen molar-refractivity contribution >= 4 is 11.9 Å². The Kier molecular flexibility index (Phi) is 5.14. The fraction of sp³-hybridized carbons (Fsp3) is 0.846. The van der Waals surface area contributed by atoms with Crippen LogP contribution in [0.5, 0.6) is 0 Å². The molecule has 0 aromatic heterocycles. The second kappa shape index (κ2) is 6.18. The number of amides is 1. The Hall–Kier alpha value is -1.10. The molecule has 18 heavy (non-hydrogen) atoms. The first-order valence-corrected chi connectivity index (χ1v) is 6.61. The summed E-state index contributed by atoms with van der Waals surface area (Å²) in [7, 11) is 1.33. The molecule has 0 atom stereocenters. The molecule has 0 heterocycles. The Balaban J connectivity index is 2.68. The monoisotopic (exact) mass is 256 g/mol. The molecule has 1 aliphatic carbocycles. The Morgan fingerprint density at radius 1 is 1.33 bits per heavy atom. The number of nitrogens with two attached hydrogens (primary N) is 1. The predicted octanol–water partition coefficient (Wildman–Crippen LogP) is 0.915. The zero-order valence-electron chi connectivity index (χ0n) is 11.6. The summed E-state index contributed by atoms with van der Waals surface area (Å²) in [5.74, 6) is -0.0979. The Morgan fingerprint density at radius 3 is 2.28 bits per heavy atom. The molecule has 1 aliphatic rings. The highest BCUT2D eigenvalue weighted by molar-refractivity contribution is 5.91. The van der Waals surface area contributed by atoms with Gasteiger partial charge in [-0.1, -0.05) is 26.7 Å². The first-order chi connectivity index (χ1) is 8.46. The average molecular weight is 256 g/mol. The number of esters is 1. The molecule has 0 spiro atoms. The van der Waals surface area contributed by atoms with E-state index in [0.29, 0.717) is 25.3 Å². The van der Waals surface area contributed by atoms with E-state index in [4.69, 9.17) is 5.73 Å². The van der Waals surface area contributed by atoms with E-state index in [1.165, 1.54) is 7.11 Å². The predicted molar refractivity (Wildman–Crippen MR) is 68.8 cm³/mol. The van der Waals surface area contributed by atoms with Crippen LogP contribution in [-0.2, 0) is 14.3 Å². The van der Waals surface area contributed by atoms with E-state index < -0.39 is 11.5 Å². The minimum atomic E-state index is -0.722. The van der Waals surface area contributed by atoms with Crippen molar-refractivity contribution in [3.8, 4) is 0 Å². The molecule has 0 aromatic carbocycles. The van der Waals surface area contributed by atoms with Gasteiger partial charge < -0.3 is 15.4 Å². The molecule has 0 aliphatic heterocycles. The molecule has 1 saturated carbocycles. The van der Waals surface area contributed by atoms with Gasteiger partial charge in [-0.15, -0.1) is 0 Å². The van der Waals surface area contributed by atoms with E-state index in [2.05, 4.69) is 18.6 Å². The number of ether oxygens (including phenoxy) is 1. The van der Waals surface area contributed by atoms with Gasteiger partial charge in [-0.05, 0) is 18.8 Å². The van der Waals surface area contributed by atoms with Crippen LogP contribution in [0.3, 0.4) is 0 Å². The van der Waals surface area contributed by atoms with Crippen molar-refractivity contribution in [3.05, 3.63) is 0 Å². The van der Waals surface area contributed by atoms with Gasteiger partial charge in [-0.2, -0.15) is 0 Å². The van der Waals surface area contributed by atoms with Crippen LogP contribution in [0.2, 0.25) is 0 Å². The quantitative estimate of drug-likeness (QED) is 0.687. The molecular formula is C13H24N2O3. The lowest BCUT2D eigenvalue weighted by Gasteiger charge is -2.28. The number of nitrogens with zero attached hydrogens (tertiary/aromatic N) is 1. The van der Waals surface area contributed by atoms with Crippen LogP contribution in [0.15, 0.2) is 0 Å². The first-order valence-electron chi connectivity index (χ1n) is 6.61. The lowest BCUT2D eigenvalue weighted by Crippen LogP contribution is -2.49. The lowest BCUT2D eigenvalue weighted by atomic mass is 10.0. The van der Waals surface area contributed by atoms with Crippen molar-refractivity contribution in [3.63, 3.8) is 0 Å². The zero-order chi connectivity index (χ0) is 13.8. The van der Waals surface area contributed by atoms with Crippen molar-refractivity contribution in [2.45, 2.75) is 45.1 Å². The summed E-state index contributed by atoms with van der Waals surface area (Å²) in [4.78, 5) is 25.2. The SMILES string of the molecule is CCC(CC)CN(CC(=O)OC)C(=O)C1(N)CC1. The van der Waals surface area contributed by atoms with Crippen molar-refractivity contribution in [2.75, 3.05) is 20.2 Å². The highest BCUT2D eigenvalue weighted by atomic mass is 16.5. The van der Waals surface area contributed by atoms with Crippen LogP contribution >= 0.6 is 0 Å². The lowest BCUT2D eigenvalue weighted by molar-refractivity contribution is -0.148. The van der Waals surface area contributed by atoms with Gasteiger partial charge in [0.2, 0.25) is 5.91 Å². The fourth-order valence-corrected chi connectivity index (χ4v) is 1.96. The van der Waals surface area contributed by atoms with E-state index in [1.807, 2.05) is 0 Å². The van der Waals surface area contributed by atoms with E-state index in [9.17, 15) is 9.59 Å². The normalized spacial score (nSPS) is 16.5. The van der Waals surface area contributed by atoms with Gasteiger partial charge in [0, 0.05) is 6.54 Å². The summed E-state index contributed by atoms with van der Waals surface area (Å²) >= 11 is 0. The van der Waals surface area contributed by atoms with Crippen LogP contribution in [0.4, 0.5) is 0 Å². The summed E-state index contributed by atoms with van der Waals surface area (Å²) in [6.07, 6.45) is 3.40. The van der Waals surface area contributed by atoms with Crippen LogP contribution in [-0.4, -0.2) is 42.5 Å². The molecule has 5 heteroatoms. The third-order valence-electron chi connectivity index (χ3n) is 3.68. The van der Waals surface area contributed by atoms with Crippen molar-refractivity contribution in [2.24, 2.45) is 11.7 Å². The minimum Gasteiger partial charge on any atom is -0.468 e. The number of carbonyl (C=O) groups is 2. The summed E-state index contributed by atoms with van der Waals surface area (Å²) < 4.78 is 4.64. The Morgan fingerprint density at radius 2 is 1.89 bits per heavy atom. The molecule has 5 nitrogen and oxygen atoms in total. The minimum absolute atomic E-state index is 0.00475. The van der Waals surface area contributed by atoms with Crippen LogP contribution in [0, 0.1) is 5.92 Å². The molecule has 1 rings (SSSR count). The highest BCUT2D eigenvalue weighted by Gasteiger charge is 2.48. The largest absolute Gasteiger partial charge is 0.468 e. The molecule has 0 bridgehead atoms.